The molecule has 5 nitrogen and oxygen atoms in total. The quantitative estimate of drug-likeness (QED) is 0.744. The van der Waals surface area contributed by atoms with Crippen molar-refractivity contribution >= 4 is 27.2 Å². The fourth-order valence-corrected chi connectivity index (χ4v) is 3.12. The van der Waals surface area contributed by atoms with Gasteiger partial charge in [-0.25, -0.2) is 18.1 Å². The fourth-order valence-electron chi connectivity index (χ4n) is 2.21. The number of benzene rings is 2. The fraction of sp³-hybridized carbons (Fsp3) is 0.167. The van der Waals surface area contributed by atoms with Crippen LogP contribution >= 0.6 is 0 Å². The summed E-state index contributed by atoms with van der Waals surface area (Å²) in [4.78, 5) is 4.39. The van der Waals surface area contributed by atoms with E-state index in [0.29, 0.717) is 11.5 Å². The van der Waals surface area contributed by atoms with Crippen molar-refractivity contribution in [3.63, 3.8) is 0 Å². The lowest BCUT2D eigenvalue weighted by molar-refractivity contribution is 0.481. The summed E-state index contributed by atoms with van der Waals surface area (Å²) in [6.07, 6.45) is 1.56. The van der Waals surface area contributed by atoms with E-state index >= 15 is 0 Å². The van der Waals surface area contributed by atoms with Crippen LogP contribution in [0.1, 0.15) is 24.3 Å². The van der Waals surface area contributed by atoms with Crippen LogP contribution in [0.25, 0.3) is 17.2 Å². The van der Waals surface area contributed by atoms with Crippen LogP contribution in [0, 0.1) is 0 Å². The molecule has 124 valence electrons. The molecule has 2 aromatic carbocycles. The molecule has 0 spiro atoms. The van der Waals surface area contributed by atoms with Crippen molar-refractivity contribution in [3.8, 4) is 0 Å². The summed E-state index contributed by atoms with van der Waals surface area (Å²) < 4.78 is 32.3. The van der Waals surface area contributed by atoms with Gasteiger partial charge in [-0.2, -0.15) is 0 Å². The van der Waals surface area contributed by atoms with Crippen LogP contribution in [0.2, 0.25) is 0 Å². The second-order valence-corrected chi connectivity index (χ2v) is 7.18. The van der Waals surface area contributed by atoms with Crippen LogP contribution < -0.4 is 4.72 Å². The third kappa shape index (κ3) is 4.10. The van der Waals surface area contributed by atoms with Crippen molar-refractivity contribution in [2.45, 2.75) is 12.8 Å². The van der Waals surface area contributed by atoms with Crippen LogP contribution in [0.5, 0.6) is 0 Å². The van der Waals surface area contributed by atoms with Gasteiger partial charge in [0.05, 0.1) is 0 Å². The van der Waals surface area contributed by atoms with E-state index in [1.165, 1.54) is 5.41 Å². The van der Waals surface area contributed by atoms with Crippen LogP contribution in [-0.4, -0.2) is 19.9 Å². The number of rotatable bonds is 6. The smallest absolute Gasteiger partial charge is 0.233 e. The molecule has 0 aliphatic rings. The molecule has 0 radical (unpaired) electrons. The highest BCUT2D eigenvalue weighted by atomic mass is 32.2. The van der Waals surface area contributed by atoms with Crippen molar-refractivity contribution < 1.29 is 12.8 Å². The van der Waals surface area contributed by atoms with E-state index in [1.807, 2.05) is 61.5 Å². The van der Waals surface area contributed by atoms with Crippen LogP contribution in [0.15, 0.2) is 64.4 Å². The van der Waals surface area contributed by atoms with E-state index in [1.54, 1.807) is 6.08 Å². The lowest BCUT2D eigenvalue weighted by atomic mass is 10.2. The molecule has 0 saturated heterocycles. The Balaban J connectivity index is 1.64. The number of hydrogen-bond acceptors (Lipinski definition) is 4. The molecule has 24 heavy (non-hydrogen) atoms. The Morgan fingerprint density at radius 3 is 2.58 bits per heavy atom. The molecule has 0 aliphatic heterocycles. The molecule has 0 bridgehead atoms. The Morgan fingerprint density at radius 2 is 1.83 bits per heavy atom. The maximum absolute atomic E-state index is 12.1. The summed E-state index contributed by atoms with van der Waals surface area (Å²) in [6, 6.07) is 16.7. The predicted octanol–water partition coefficient (Wildman–Crippen LogP) is 3.52. The number of fused-ring (bicyclic) bond motifs is 1. The number of aromatic nitrogens is 1. The minimum absolute atomic E-state index is 0.169. The largest absolute Gasteiger partial charge is 0.440 e. The molecular formula is C18H18N2O3S. The standard InChI is InChI=1S/C18H18N2O3S/c1-14(18-20-16-9-5-6-10-17(16)23-18)13-19-24(21,22)12-11-15-7-3-2-4-8-15/h2-12,14,19H,13H2,1H3. The number of nitrogens with one attached hydrogen (secondary N) is 1. The van der Waals surface area contributed by atoms with E-state index in [2.05, 4.69) is 9.71 Å². The molecule has 6 heteroatoms. The zero-order valence-corrected chi connectivity index (χ0v) is 14.0. The zero-order chi connectivity index (χ0) is 17.0. The van der Waals surface area contributed by atoms with Gasteiger partial charge in [-0.05, 0) is 23.8 Å². The Labute approximate surface area is 141 Å². The van der Waals surface area contributed by atoms with Gasteiger partial charge in [0, 0.05) is 17.9 Å². The molecule has 0 saturated carbocycles. The molecule has 3 aromatic rings. The topological polar surface area (TPSA) is 72.2 Å². The van der Waals surface area contributed by atoms with E-state index in [-0.39, 0.29) is 12.5 Å². The number of oxazole rings is 1. The number of nitrogens with zero attached hydrogens (tertiary/aromatic N) is 1. The van der Waals surface area contributed by atoms with Gasteiger partial charge in [-0.1, -0.05) is 49.4 Å². The predicted molar refractivity (Wildman–Crippen MR) is 94.8 cm³/mol. The monoisotopic (exact) mass is 342 g/mol. The minimum Gasteiger partial charge on any atom is -0.440 e. The molecule has 0 fully saturated rings. The average Bonchev–Trinajstić information content (AvgIpc) is 3.03. The van der Waals surface area contributed by atoms with Crippen molar-refractivity contribution in [1.82, 2.24) is 9.71 Å². The van der Waals surface area contributed by atoms with E-state index in [4.69, 9.17) is 4.42 Å². The second-order valence-electron chi connectivity index (χ2n) is 5.53. The number of hydrogen-bond donors (Lipinski definition) is 1. The van der Waals surface area contributed by atoms with Gasteiger partial charge < -0.3 is 4.42 Å². The number of para-hydroxylation sites is 2. The summed E-state index contributed by atoms with van der Waals surface area (Å²) in [7, 11) is -3.51. The normalized spacial score (nSPS) is 13.5. The summed E-state index contributed by atoms with van der Waals surface area (Å²) in [6.45, 7) is 2.09. The first-order chi connectivity index (χ1) is 11.5. The van der Waals surface area contributed by atoms with Gasteiger partial charge in [0.25, 0.3) is 0 Å². The molecule has 1 unspecified atom stereocenters. The van der Waals surface area contributed by atoms with Crippen LogP contribution in [0.3, 0.4) is 0 Å². The van der Waals surface area contributed by atoms with Crippen LogP contribution in [-0.2, 0) is 10.0 Å². The van der Waals surface area contributed by atoms with Crippen molar-refractivity contribution in [1.29, 1.82) is 0 Å². The molecule has 1 aromatic heterocycles. The lowest BCUT2D eigenvalue weighted by Gasteiger charge is -2.07. The van der Waals surface area contributed by atoms with Gasteiger partial charge >= 0.3 is 0 Å². The first-order valence-electron chi connectivity index (χ1n) is 7.62. The van der Waals surface area contributed by atoms with Crippen molar-refractivity contribution in [2.24, 2.45) is 0 Å². The molecule has 3 rings (SSSR count). The molecule has 1 atom stereocenters. The van der Waals surface area contributed by atoms with E-state index in [9.17, 15) is 8.42 Å². The molecule has 0 aliphatic carbocycles. The average molecular weight is 342 g/mol. The Morgan fingerprint density at radius 1 is 1.12 bits per heavy atom. The summed E-state index contributed by atoms with van der Waals surface area (Å²) in [5.41, 5.74) is 2.30. The maximum atomic E-state index is 12.1. The van der Waals surface area contributed by atoms with Gasteiger partial charge in [-0.15, -0.1) is 0 Å². The Kier molecular flexibility index (Phi) is 4.78. The zero-order valence-electron chi connectivity index (χ0n) is 13.2. The molecular weight excluding hydrogens is 324 g/mol. The highest BCUT2D eigenvalue weighted by molar-refractivity contribution is 7.92. The third-order valence-corrected chi connectivity index (χ3v) is 4.63. The highest BCUT2D eigenvalue weighted by Gasteiger charge is 2.15. The van der Waals surface area contributed by atoms with Crippen molar-refractivity contribution in [2.75, 3.05) is 6.54 Å². The molecule has 0 amide bonds. The Hall–Kier alpha value is -2.44. The summed E-state index contributed by atoms with van der Waals surface area (Å²) in [5.74, 6) is 0.350. The number of sulfonamides is 1. The summed E-state index contributed by atoms with van der Waals surface area (Å²) >= 11 is 0. The minimum atomic E-state index is -3.51. The maximum Gasteiger partial charge on any atom is 0.233 e. The first-order valence-corrected chi connectivity index (χ1v) is 9.16. The van der Waals surface area contributed by atoms with Crippen LogP contribution in [0.4, 0.5) is 0 Å². The highest BCUT2D eigenvalue weighted by Crippen LogP contribution is 2.20. The molecule has 1 heterocycles. The summed E-state index contributed by atoms with van der Waals surface area (Å²) in [5, 5.41) is 1.17. The van der Waals surface area contributed by atoms with Crippen molar-refractivity contribution in [3.05, 3.63) is 71.5 Å². The van der Waals surface area contributed by atoms with Gasteiger partial charge in [0.2, 0.25) is 10.0 Å². The third-order valence-electron chi connectivity index (χ3n) is 3.56. The van der Waals surface area contributed by atoms with E-state index < -0.39 is 10.0 Å². The Bertz CT molecular complexity index is 914. The first kappa shape index (κ1) is 16.4. The van der Waals surface area contributed by atoms with E-state index in [0.717, 1.165) is 11.1 Å². The SMILES string of the molecule is CC(CNS(=O)(=O)C=Cc1ccccc1)c1nc2ccccc2o1. The van der Waals surface area contributed by atoms with Gasteiger partial charge in [-0.3, -0.25) is 0 Å². The second kappa shape index (κ2) is 6.98. The molecule has 1 N–H and O–H groups in total. The lowest BCUT2D eigenvalue weighted by Crippen LogP contribution is -2.25. The van der Waals surface area contributed by atoms with Gasteiger partial charge in [0.1, 0.15) is 5.52 Å². The van der Waals surface area contributed by atoms with Gasteiger partial charge in [0.15, 0.2) is 11.5 Å².